The summed E-state index contributed by atoms with van der Waals surface area (Å²) in [5.41, 5.74) is 3.66. The maximum absolute atomic E-state index is 9.97. The number of hydrogen-bond donors (Lipinski definition) is 0. The summed E-state index contributed by atoms with van der Waals surface area (Å²) >= 11 is 0. The predicted octanol–water partition coefficient (Wildman–Crippen LogP) is -5.07. The van der Waals surface area contributed by atoms with E-state index in [-0.39, 0.29) is 64.0 Å². The van der Waals surface area contributed by atoms with E-state index >= 15 is 0 Å². The molecule has 4 aromatic rings. The van der Waals surface area contributed by atoms with Gasteiger partial charge in [0.25, 0.3) is 0 Å². The number of rotatable bonds is 5. The van der Waals surface area contributed by atoms with Crippen LogP contribution < -0.4 is 20.4 Å². The van der Waals surface area contributed by atoms with E-state index in [0.717, 1.165) is 22.8 Å². The third kappa shape index (κ3) is 16.6. The van der Waals surface area contributed by atoms with Crippen LogP contribution in [-0.4, -0.2) is 66.0 Å². The van der Waals surface area contributed by atoms with Gasteiger partial charge in [-0.15, -0.1) is 0 Å². The molecule has 0 unspecified atom stereocenters. The van der Waals surface area contributed by atoms with Crippen molar-refractivity contribution in [2.45, 2.75) is 12.2 Å². The molecule has 222 valence electrons. The van der Waals surface area contributed by atoms with Gasteiger partial charge in [0.2, 0.25) is 0 Å². The number of aromatic nitrogens is 4. The maximum Gasteiger partial charge on any atom is 2.00 e. The Hall–Kier alpha value is -3.32. The fourth-order valence-corrected chi connectivity index (χ4v) is 2.30. The van der Waals surface area contributed by atoms with E-state index in [0.29, 0.717) is 0 Å². The molecule has 0 aliphatic heterocycles. The summed E-state index contributed by atoms with van der Waals surface area (Å²) in [5, 5.41) is 39.0. The Bertz CT molecular complexity index is 985. The van der Waals surface area contributed by atoms with Crippen molar-refractivity contribution >= 4 is 11.9 Å². The molecule has 4 rings (SSSR count). The molecule has 0 spiro atoms. The van der Waals surface area contributed by atoms with Gasteiger partial charge in [0.1, 0.15) is 0 Å². The van der Waals surface area contributed by atoms with E-state index in [1.807, 2.05) is 72.8 Å². The van der Waals surface area contributed by atoms with Gasteiger partial charge in [-0.05, 0) is 48.5 Å². The van der Waals surface area contributed by atoms with Gasteiger partial charge in [-0.3, -0.25) is 19.9 Å². The summed E-state index contributed by atoms with van der Waals surface area (Å²) < 4.78 is 0. The largest absolute Gasteiger partial charge is 2.00 e. The van der Waals surface area contributed by atoms with Gasteiger partial charge in [0, 0.05) is 36.7 Å². The van der Waals surface area contributed by atoms with Gasteiger partial charge in [-0.2, -0.15) is 0 Å². The quantitative estimate of drug-likeness (QED) is 0.183. The number of carboxylic acids is 2. The van der Waals surface area contributed by atoms with E-state index in [4.69, 9.17) is 0 Å². The molecule has 0 aromatic carbocycles. The summed E-state index contributed by atoms with van der Waals surface area (Å²) in [6.45, 7) is 0. The Balaban J connectivity index is -0.000000143. The van der Waals surface area contributed by atoms with Crippen molar-refractivity contribution in [1.29, 1.82) is 0 Å². The van der Waals surface area contributed by atoms with Crippen molar-refractivity contribution in [2.24, 2.45) is 0 Å². The first-order valence-corrected chi connectivity index (χ1v) is 9.78. The first kappa shape index (κ1) is 46.5. The zero-order valence-corrected chi connectivity index (χ0v) is 24.8. The molecule has 14 nitrogen and oxygen atoms in total. The summed E-state index contributed by atoms with van der Waals surface area (Å²) in [7, 11) is 0. The standard InChI is InChI=1S/2C10H8N2.C4H4O6.4H2O.2Pt/c2*1-3-7-11-9(5-1)10-6-2-4-8-12-10;5-1(3(7)8)2(6)4(9)10;;;;;;/h2*1-8H;1-2H,(H,7,8)(H,9,10);4*1H2;;/q;;-2;;;;;2*+2/p-2/t;;1-,2-;;;;;;/m..1....../s1. The fourth-order valence-electron chi connectivity index (χ4n) is 2.30. The minimum Gasteiger partial charge on any atom is -0.848 e. The van der Waals surface area contributed by atoms with Crippen molar-refractivity contribution in [3.8, 4) is 22.8 Å². The van der Waals surface area contributed by atoms with Gasteiger partial charge in [0.05, 0.1) is 22.8 Å². The Morgan fingerprint density at radius 2 is 0.675 bits per heavy atom. The van der Waals surface area contributed by atoms with E-state index < -0.39 is 24.1 Å². The second-order valence-electron chi connectivity index (χ2n) is 6.34. The molecule has 0 radical (unpaired) electrons. The zero-order chi connectivity index (χ0) is 24.8. The number of hydrogen-bond acceptors (Lipinski definition) is 10. The molecule has 0 bridgehead atoms. The molecule has 0 saturated heterocycles. The van der Waals surface area contributed by atoms with Crippen LogP contribution in [0.1, 0.15) is 0 Å². The number of carbonyl (C=O) groups is 2. The van der Waals surface area contributed by atoms with Gasteiger partial charge < -0.3 is 51.9 Å². The van der Waals surface area contributed by atoms with Crippen LogP contribution in [0.2, 0.25) is 0 Å². The van der Waals surface area contributed by atoms with E-state index in [1.165, 1.54) is 0 Å². The number of pyridine rings is 4. The van der Waals surface area contributed by atoms with E-state index in [2.05, 4.69) is 19.9 Å². The molecule has 0 aliphatic rings. The zero-order valence-electron chi connectivity index (χ0n) is 20.3. The van der Waals surface area contributed by atoms with E-state index in [1.54, 1.807) is 24.8 Å². The predicted molar refractivity (Wildman–Crippen MR) is 127 cm³/mol. The van der Waals surface area contributed by atoms with E-state index in [9.17, 15) is 30.0 Å². The Labute approximate surface area is 257 Å². The van der Waals surface area contributed by atoms with Gasteiger partial charge in [0.15, 0.2) is 0 Å². The van der Waals surface area contributed by atoms with Gasteiger partial charge >= 0.3 is 42.1 Å². The van der Waals surface area contributed by atoms with Gasteiger partial charge in [-0.1, -0.05) is 36.5 Å². The average molecular weight is 921 g/mol. The topological polar surface area (TPSA) is 304 Å². The van der Waals surface area contributed by atoms with Crippen molar-refractivity contribution in [3.05, 3.63) is 97.6 Å². The minimum absolute atomic E-state index is 0. The van der Waals surface area contributed by atoms with Crippen LogP contribution in [0.5, 0.6) is 0 Å². The molecule has 4 heterocycles. The van der Waals surface area contributed by atoms with Crippen LogP contribution in [0.3, 0.4) is 0 Å². The van der Waals surface area contributed by atoms with Crippen molar-refractivity contribution < 1.29 is 94.1 Å². The minimum atomic E-state index is -2.80. The molecule has 0 saturated carbocycles. The first-order valence-electron chi connectivity index (χ1n) is 9.78. The fraction of sp³-hybridized carbons (Fsp3) is 0.0833. The van der Waals surface area contributed by atoms with Crippen LogP contribution >= 0.6 is 0 Å². The van der Waals surface area contributed by atoms with Crippen molar-refractivity contribution in [3.63, 3.8) is 0 Å². The molecule has 40 heavy (non-hydrogen) atoms. The molecule has 2 atom stereocenters. The number of aliphatic carboxylic acids is 2. The van der Waals surface area contributed by atoms with Crippen LogP contribution in [0.15, 0.2) is 97.6 Å². The molecule has 16 heteroatoms. The molecule has 0 amide bonds. The van der Waals surface area contributed by atoms with Crippen LogP contribution in [-0.2, 0) is 51.7 Å². The van der Waals surface area contributed by atoms with Crippen LogP contribution in [0.25, 0.3) is 22.8 Å². The summed E-state index contributed by atoms with van der Waals surface area (Å²) in [5.74, 6) is -4.46. The second-order valence-corrected chi connectivity index (χ2v) is 6.34. The van der Waals surface area contributed by atoms with Crippen LogP contribution in [0, 0.1) is 0 Å². The third-order valence-electron chi connectivity index (χ3n) is 3.92. The molecule has 4 aromatic heterocycles. The van der Waals surface area contributed by atoms with Gasteiger partial charge in [-0.25, -0.2) is 0 Å². The normalized spacial score (nSPS) is 9.75. The number of carboxylic acid groups (broad SMARTS) is 2. The Morgan fingerprint density at radius 3 is 0.800 bits per heavy atom. The smallest absolute Gasteiger partial charge is 0.848 e. The SMILES string of the molecule is O.O.O.O.O=C([O-])[C@H]([O-])[C@@H]([O-])C(=O)[O-].[Pt+2].[Pt+2].c1ccc(-c2ccccn2)nc1.c1ccc(-c2ccccn2)nc1. The third-order valence-corrected chi connectivity index (χ3v) is 3.92. The number of nitrogens with zero attached hydrogens (tertiary/aromatic N) is 4. The average Bonchev–Trinajstić information content (AvgIpc) is 2.90. The van der Waals surface area contributed by atoms with Crippen LogP contribution in [0.4, 0.5) is 0 Å². The van der Waals surface area contributed by atoms with Crippen molar-refractivity contribution in [2.75, 3.05) is 0 Å². The maximum atomic E-state index is 9.97. The number of carbonyl (C=O) groups excluding carboxylic acids is 2. The second kappa shape index (κ2) is 25.9. The molecule has 8 N–H and O–H groups in total. The molecule has 0 fully saturated rings. The molecular weight excluding hydrogens is 894 g/mol. The summed E-state index contributed by atoms with van der Waals surface area (Å²) in [6, 6.07) is 23.2. The van der Waals surface area contributed by atoms with Crippen molar-refractivity contribution in [1.82, 2.24) is 19.9 Å². The monoisotopic (exact) mass is 920 g/mol. The molecule has 0 aliphatic carbocycles. The summed E-state index contributed by atoms with van der Waals surface area (Å²) in [4.78, 5) is 35.8. The molecular formula is C24H26N4O10Pt2. The summed E-state index contributed by atoms with van der Waals surface area (Å²) in [6.07, 6.45) is 1.47. The first-order chi connectivity index (χ1) is 16.4. The Morgan fingerprint density at radius 1 is 0.475 bits per heavy atom. The Kier molecular flexibility index (Phi) is 30.2.